The number of ether oxygens (including phenoxy) is 2. The average Bonchev–Trinajstić information content (AvgIpc) is 3.15. The molecule has 0 aliphatic carbocycles. The van der Waals surface area contributed by atoms with E-state index in [4.69, 9.17) is 9.47 Å². The molecule has 0 N–H and O–H groups in total. The van der Waals surface area contributed by atoms with Gasteiger partial charge in [-0.1, -0.05) is 60.7 Å². The van der Waals surface area contributed by atoms with Gasteiger partial charge in [0, 0.05) is 23.7 Å². The van der Waals surface area contributed by atoms with E-state index in [-0.39, 0.29) is 0 Å². The van der Waals surface area contributed by atoms with Crippen molar-refractivity contribution in [3.8, 4) is 34.0 Å². The lowest BCUT2D eigenvalue weighted by molar-refractivity contribution is 0.296. The van der Waals surface area contributed by atoms with Gasteiger partial charge in [0.25, 0.3) is 0 Å². The molecule has 0 amide bonds. The Morgan fingerprint density at radius 2 is 1.62 bits per heavy atom. The molecule has 0 fully saturated rings. The Morgan fingerprint density at radius 3 is 2.41 bits per heavy atom. The summed E-state index contributed by atoms with van der Waals surface area (Å²) in [5.74, 6) is 1.69. The number of para-hydroxylation sites is 1. The minimum absolute atomic E-state index is 0.453. The van der Waals surface area contributed by atoms with Crippen molar-refractivity contribution in [2.45, 2.75) is 13.5 Å². The van der Waals surface area contributed by atoms with Gasteiger partial charge in [-0.25, -0.2) is 0 Å². The molecule has 0 bridgehead atoms. The van der Waals surface area contributed by atoms with Gasteiger partial charge in [-0.05, 0) is 30.7 Å². The van der Waals surface area contributed by atoms with E-state index in [1.165, 1.54) is 0 Å². The van der Waals surface area contributed by atoms with Gasteiger partial charge in [-0.3, -0.25) is 4.68 Å². The Morgan fingerprint density at radius 1 is 0.862 bits per heavy atom. The standard InChI is InChI=1S/C25H24N2O2/c1-18-9-7-13-21(25(18)28-3)17-29-22-14-8-12-20(15-22)24-16-23(26-27(24)2)19-10-5-4-6-11-19/h4-16H,17H2,1-3H3. The summed E-state index contributed by atoms with van der Waals surface area (Å²) in [5.41, 5.74) is 6.31. The van der Waals surface area contributed by atoms with Crippen LogP contribution in [-0.4, -0.2) is 16.9 Å². The summed E-state index contributed by atoms with van der Waals surface area (Å²) in [5, 5.41) is 4.67. The average molecular weight is 384 g/mol. The van der Waals surface area contributed by atoms with Crippen molar-refractivity contribution >= 4 is 0 Å². The molecule has 0 radical (unpaired) electrons. The summed E-state index contributed by atoms with van der Waals surface area (Å²) < 4.78 is 13.5. The maximum absolute atomic E-state index is 6.07. The van der Waals surface area contributed by atoms with E-state index in [0.29, 0.717) is 6.61 Å². The molecule has 0 saturated heterocycles. The van der Waals surface area contributed by atoms with Crippen LogP contribution in [-0.2, 0) is 13.7 Å². The lowest BCUT2D eigenvalue weighted by Crippen LogP contribution is -2.00. The van der Waals surface area contributed by atoms with Gasteiger partial charge in [0.05, 0.1) is 18.5 Å². The van der Waals surface area contributed by atoms with Crippen LogP contribution in [0.25, 0.3) is 22.5 Å². The van der Waals surface area contributed by atoms with Crippen LogP contribution >= 0.6 is 0 Å². The van der Waals surface area contributed by atoms with Gasteiger partial charge in [0.2, 0.25) is 0 Å². The predicted octanol–water partition coefficient (Wildman–Crippen LogP) is 5.65. The Hall–Kier alpha value is -3.53. The molecule has 1 aromatic heterocycles. The monoisotopic (exact) mass is 384 g/mol. The molecule has 29 heavy (non-hydrogen) atoms. The molecule has 0 aliphatic heterocycles. The van der Waals surface area contributed by atoms with Crippen molar-refractivity contribution in [1.29, 1.82) is 0 Å². The molecule has 0 aliphatic rings. The Kier molecular flexibility index (Phi) is 5.34. The second kappa shape index (κ2) is 8.23. The smallest absolute Gasteiger partial charge is 0.128 e. The van der Waals surface area contributed by atoms with Crippen LogP contribution in [0.3, 0.4) is 0 Å². The highest BCUT2D eigenvalue weighted by Gasteiger charge is 2.11. The van der Waals surface area contributed by atoms with E-state index in [9.17, 15) is 0 Å². The van der Waals surface area contributed by atoms with Gasteiger partial charge in [-0.2, -0.15) is 5.10 Å². The molecule has 0 spiro atoms. The van der Waals surface area contributed by atoms with Crippen molar-refractivity contribution in [1.82, 2.24) is 9.78 Å². The normalized spacial score (nSPS) is 10.7. The summed E-state index contributed by atoms with van der Waals surface area (Å²) in [7, 11) is 3.66. The number of nitrogens with zero attached hydrogens (tertiary/aromatic N) is 2. The van der Waals surface area contributed by atoms with Crippen molar-refractivity contribution < 1.29 is 9.47 Å². The molecule has 4 rings (SSSR count). The fourth-order valence-electron chi connectivity index (χ4n) is 3.51. The van der Waals surface area contributed by atoms with E-state index in [1.807, 2.05) is 73.3 Å². The van der Waals surface area contributed by atoms with Crippen molar-refractivity contribution in [2.24, 2.45) is 7.05 Å². The molecule has 1 heterocycles. The van der Waals surface area contributed by atoms with Crippen molar-refractivity contribution in [2.75, 3.05) is 7.11 Å². The molecule has 146 valence electrons. The van der Waals surface area contributed by atoms with E-state index in [0.717, 1.165) is 45.1 Å². The summed E-state index contributed by atoms with van der Waals surface area (Å²) in [6.07, 6.45) is 0. The van der Waals surface area contributed by atoms with E-state index in [1.54, 1.807) is 7.11 Å². The zero-order valence-electron chi connectivity index (χ0n) is 16.9. The number of rotatable bonds is 6. The number of aryl methyl sites for hydroxylation is 2. The lowest BCUT2D eigenvalue weighted by Gasteiger charge is -2.13. The Labute approximate surface area is 171 Å². The summed E-state index contributed by atoms with van der Waals surface area (Å²) >= 11 is 0. The third-order valence-corrected chi connectivity index (χ3v) is 4.97. The molecular formula is C25H24N2O2. The fourth-order valence-corrected chi connectivity index (χ4v) is 3.51. The number of aromatic nitrogens is 2. The fraction of sp³-hybridized carbons (Fsp3) is 0.160. The van der Waals surface area contributed by atoms with Crippen LogP contribution < -0.4 is 9.47 Å². The molecule has 4 heteroatoms. The molecule has 4 nitrogen and oxygen atoms in total. The molecule has 3 aromatic carbocycles. The molecule has 0 unspecified atom stereocenters. The first-order chi connectivity index (χ1) is 14.2. The SMILES string of the molecule is COc1c(C)cccc1COc1cccc(-c2cc(-c3ccccc3)nn2C)c1. The number of hydrogen-bond donors (Lipinski definition) is 0. The van der Waals surface area contributed by atoms with E-state index < -0.39 is 0 Å². The minimum Gasteiger partial charge on any atom is -0.496 e. The third-order valence-electron chi connectivity index (χ3n) is 4.97. The van der Waals surface area contributed by atoms with Crippen LogP contribution in [0.2, 0.25) is 0 Å². The molecule has 0 atom stereocenters. The summed E-state index contributed by atoms with van der Waals surface area (Å²) in [6, 6.07) is 26.5. The first-order valence-electron chi connectivity index (χ1n) is 9.61. The molecular weight excluding hydrogens is 360 g/mol. The Bertz CT molecular complexity index is 1120. The largest absolute Gasteiger partial charge is 0.496 e. The van der Waals surface area contributed by atoms with Crippen LogP contribution in [0, 0.1) is 6.92 Å². The van der Waals surface area contributed by atoms with Crippen LogP contribution in [0.5, 0.6) is 11.5 Å². The highest BCUT2D eigenvalue weighted by Crippen LogP contribution is 2.29. The third kappa shape index (κ3) is 4.02. The maximum Gasteiger partial charge on any atom is 0.128 e. The molecule has 0 saturated carbocycles. The topological polar surface area (TPSA) is 36.3 Å². The zero-order chi connectivity index (χ0) is 20.2. The van der Waals surface area contributed by atoms with E-state index in [2.05, 4.69) is 29.4 Å². The van der Waals surface area contributed by atoms with Crippen molar-refractivity contribution in [3.63, 3.8) is 0 Å². The summed E-state index contributed by atoms with van der Waals surface area (Å²) in [4.78, 5) is 0. The van der Waals surface area contributed by atoms with Crippen molar-refractivity contribution in [3.05, 3.63) is 90.0 Å². The maximum atomic E-state index is 6.07. The molecule has 4 aromatic rings. The lowest BCUT2D eigenvalue weighted by atomic mass is 10.1. The summed E-state index contributed by atoms with van der Waals surface area (Å²) in [6.45, 7) is 2.49. The minimum atomic E-state index is 0.453. The number of methoxy groups -OCH3 is 1. The van der Waals surface area contributed by atoms with Crippen LogP contribution in [0.4, 0.5) is 0 Å². The Balaban J connectivity index is 1.57. The predicted molar refractivity (Wildman–Crippen MR) is 116 cm³/mol. The van der Waals surface area contributed by atoms with Crippen LogP contribution in [0.1, 0.15) is 11.1 Å². The van der Waals surface area contributed by atoms with Gasteiger partial charge in [0.15, 0.2) is 0 Å². The van der Waals surface area contributed by atoms with Gasteiger partial charge < -0.3 is 9.47 Å². The first-order valence-corrected chi connectivity index (χ1v) is 9.61. The van der Waals surface area contributed by atoms with Crippen LogP contribution in [0.15, 0.2) is 78.9 Å². The zero-order valence-corrected chi connectivity index (χ0v) is 16.9. The second-order valence-corrected chi connectivity index (χ2v) is 6.99. The number of benzene rings is 3. The number of hydrogen-bond acceptors (Lipinski definition) is 3. The highest BCUT2D eigenvalue weighted by atomic mass is 16.5. The second-order valence-electron chi connectivity index (χ2n) is 6.99. The quantitative estimate of drug-likeness (QED) is 0.431. The van der Waals surface area contributed by atoms with Gasteiger partial charge in [-0.15, -0.1) is 0 Å². The van der Waals surface area contributed by atoms with Gasteiger partial charge >= 0.3 is 0 Å². The van der Waals surface area contributed by atoms with Gasteiger partial charge in [0.1, 0.15) is 18.1 Å². The van der Waals surface area contributed by atoms with E-state index >= 15 is 0 Å². The highest BCUT2D eigenvalue weighted by molar-refractivity contribution is 5.69. The first kappa shape index (κ1) is 18.8.